The van der Waals surface area contributed by atoms with Crippen LogP contribution in [0.2, 0.25) is 5.02 Å². The molecule has 0 aliphatic rings. The lowest BCUT2D eigenvalue weighted by molar-refractivity contribution is -0.113. The molecule has 0 saturated heterocycles. The molecule has 1 aromatic heterocycles. The summed E-state index contributed by atoms with van der Waals surface area (Å²) < 4.78 is 2.71. The summed E-state index contributed by atoms with van der Waals surface area (Å²) in [5.74, 6) is 0.405. The molecule has 10 heteroatoms. The minimum Gasteiger partial charge on any atom is -0.342 e. The second-order valence-corrected chi connectivity index (χ2v) is 8.74. The van der Waals surface area contributed by atoms with Crippen LogP contribution in [-0.2, 0) is 11.8 Å². The second-order valence-electron chi connectivity index (χ2n) is 6.45. The van der Waals surface area contributed by atoms with Gasteiger partial charge < -0.3 is 15.2 Å². The zero-order chi connectivity index (χ0) is 21.7. The number of hydrogen-bond donors (Lipinski definition) is 2. The third-order valence-electron chi connectivity index (χ3n) is 4.17. The number of nitrogens with one attached hydrogen (secondary N) is 2. The maximum atomic E-state index is 12.4. The van der Waals surface area contributed by atoms with Crippen molar-refractivity contribution in [3.05, 3.63) is 69.4 Å². The highest BCUT2D eigenvalue weighted by Crippen LogP contribution is 2.20. The van der Waals surface area contributed by atoms with Gasteiger partial charge in [0.05, 0.1) is 11.8 Å². The van der Waals surface area contributed by atoms with Gasteiger partial charge in [0, 0.05) is 27.8 Å². The van der Waals surface area contributed by atoms with Gasteiger partial charge in [-0.15, -0.1) is 10.2 Å². The van der Waals surface area contributed by atoms with Crippen molar-refractivity contribution in [1.82, 2.24) is 20.1 Å². The molecular formula is C20H19BrClN5O2S. The van der Waals surface area contributed by atoms with Crippen LogP contribution in [0.3, 0.4) is 0 Å². The van der Waals surface area contributed by atoms with Gasteiger partial charge in [-0.1, -0.05) is 39.3 Å². The van der Waals surface area contributed by atoms with Crippen molar-refractivity contribution in [1.29, 1.82) is 0 Å². The number of nitrogens with zero attached hydrogens (tertiary/aromatic N) is 3. The summed E-state index contributed by atoms with van der Waals surface area (Å²) in [5, 5.41) is 15.2. The molecule has 3 aromatic rings. The number of rotatable bonds is 7. The van der Waals surface area contributed by atoms with Gasteiger partial charge >= 0.3 is 0 Å². The van der Waals surface area contributed by atoms with E-state index in [-0.39, 0.29) is 23.6 Å². The molecule has 2 N–H and O–H groups in total. The first-order valence-electron chi connectivity index (χ1n) is 8.97. The molecule has 7 nitrogen and oxygen atoms in total. The van der Waals surface area contributed by atoms with Crippen LogP contribution in [0.25, 0.3) is 0 Å². The molecule has 1 atom stereocenters. The van der Waals surface area contributed by atoms with Crippen molar-refractivity contribution < 1.29 is 9.59 Å². The van der Waals surface area contributed by atoms with Gasteiger partial charge in [0.15, 0.2) is 11.0 Å². The van der Waals surface area contributed by atoms with Crippen LogP contribution in [0.5, 0.6) is 0 Å². The maximum Gasteiger partial charge on any atom is 0.251 e. The lowest BCUT2D eigenvalue weighted by Gasteiger charge is -2.13. The Morgan fingerprint density at radius 1 is 1.13 bits per heavy atom. The minimum atomic E-state index is -0.364. The van der Waals surface area contributed by atoms with E-state index >= 15 is 0 Å². The summed E-state index contributed by atoms with van der Waals surface area (Å²) in [5.41, 5.74) is 1.23. The van der Waals surface area contributed by atoms with Crippen molar-refractivity contribution in [3.63, 3.8) is 0 Å². The summed E-state index contributed by atoms with van der Waals surface area (Å²) in [4.78, 5) is 24.6. The monoisotopic (exact) mass is 507 g/mol. The van der Waals surface area contributed by atoms with E-state index < -0.39 is 0 Å². The molecule has 1 heterocycles. The van der Waals surface area contributed by atoms with Gasteiger partial charge in [-0.25, -0.2) is 0 Å². The molecule has 0 bridgehead atoms. The zero-order valence-electron chi connectivity index (χ0n) is 16.2. The van der Waals surface area contributed by atoms with E-state index in [4.69, 9.17) is 11.6 Å². The number of benzene rings is 2. The number of amides is 2. The summed E-state index contributed by atoms with van der Waals surface area (Å²) in [6.07, 6.45) is 0. The predicted molar refractivity (Wildman–Crippen MR) is 122 cm³/mol. The molecule has 0 saturated carbocycles. The SMILES string of the molecule is C[C@H](NC(=O)c1ccc(Cl)cc1)c1nnc(SCC(=O)Nc2ccc(Br)cc2)n1C. The Bertz CT molecular complexity index is 1040. The Morgan fingerprint density at radius 3 is 2.47 bits per heavy atom. The largest absolute Gasteiger partial charge is 0.342 e. The molecule has 0 fully saturated rings. The van der Waals surface area contributed by atoms with Gasteiger partial charge in [-0.2, -0.15) is 0 Å². The third kappa shape index (κ3) is 5.84. The van der Waals surface area contributed by atoms with Crippen LogP contribution >= 0.6 is 39.3 Å². The van der Waals surface area contributed by atoms with Gasteiger partial charge in [0.25, 0.3) is 5.91 Å². The Balaban J connectivity index is 1.56. The first-order valence-corrected chi connectivity index (χ1v) is 11.1. The topological polar surface area (TPSA) is 88.9 Å². The van der Waals surface area contributed by atoms with E-state index in [2.05, 4.69) is 36.8 Å². The smallest absolute Gasteiger partial charge is 0.251 e. The second kappa shape index (κ2) is 10.1. The van der Waals surface area contributed by atoms with Crippen molar-refractivity contribution >= 4 is 56.8 Å². The molecule has 0 aliphatic carbocycles. The highest BCUT2D eigenvalue weighted by molar-refractivity contribution is 9.10. The molecular weight excluding hydrogens is 490 g/mol. The van der Waals surface area contributed by atoms with E-state index in [1.54, 1.807) is 35.9 Å². The molecule has 156 valence electrons. The fourth-order valence-electron chi connectivity index (χ4n) is 2.64. The van der Waals surface area contributed by atoms with Crippen LogP contribution in [0.15, 0.2) is 58.2 Å². The molecule has 2 amide bonds. The number of carbonyl (C=O) groups is 2. The molecule has 0 radical (unpaired) electrons. The summed E-state index contributed by atoms with van der Waals surface area (Å²) >= 11 is 10.5. The van der Waals surface area contributed by atoms with Crippen LogP contribution < -0.4 is 10.6 Å². The first kappa shape index (κ1) is 22.3. The Kier molecular flexibility index (Phi) is 7.52. The standard InChI is InChI=1S/C20H19BrClN5O2S/c1-12(23-19(29)13-3-7-15(22)8-4-13)18-25-26-20(27(18)2)30-11-17(28)24-16-9-5-14(21)6-10-16/h3-10,12H,11H2,1-2H3,(H,23,29)(H,24,28)/t12-/m0/s1. The van der Waals surface area contributed by atoms with Crippen molar-refractivity contribution in [2.45, 2.75) is 18.1 Å². The van der Waals surface area contributed by atoms with Crippen LogP contribution in [0, 0.1) is 0 Å². The Labute approximate surface area is 191 Å². The van der Waals surface area contributed by atoms with Crippen molar-refractivity contribution in [2.24, 2.45) is 7.05 Å². The van der Waals surface area contributed by atoms with E-state index in [1.807, 2.05) is 31.2 Å². The van der Waals surface area contributed by atoms with Crippen molar-refractivity contribution in [2.75, 3.05) is 11.1 Å². The summed E-state index contributed by atoms with van der Waals surface area (Å²) in [6.45, 7) is 1.83. The predicted octanol–water partition coefficient (Wildman–Crippen LogP) is 4.45. The lowest BCUT2D eigenvalue weighted by Crippen LogP contribution is -2.28. The van der Waals surface area contributed by atoms with Gasteiger partial charge in [-0.05, 0) is 55.5 Å². The fraction of sp³-hybridized carbons (Fsp3) is 0.200. The molecule has 30 heavy (non-hydrogen) atoms. The van der Waals surface area contributed by atoms with E-state index in [0.29, 0.717) is 21.6 Å². The molecule has 2 aromatic carbocycles. The lowest BCUT2D eigenvalue weighted by atomic mass is 10.2. The van der Waals surface area contributed by atoms with E-state index in [0.717, 1.165) is 10.2 Å². The van der Waals surface area contributed by atoms with Gasteiger partial charge in [0.1, 0.15) is 0 Å². The van der Waals surface area contributed by atoms with Crippen LogP contribution in [0.4, 0.5) is 5.69 Å². The maximum absolute atomic E-state index is 12.4. The highest BCUT2D eigenvalue weighted by atomic mass is 79.9. The van der Waals surface area contributed by atoms with Crippen molar-refractivity contribution in [3.8, 4) is 0 Å². The molecule has 3 rings (SSSR count). The number of hydrogen-bond acceptors (Lipinski definition) is 5. The number of thioether (sulfide) groups is 1. The fourth-order valence-corrected chi connectivity index (χ4v) is 3.74. The van der Waals surface area contributed by atoms with Gasteiger partial charge in [-0.3, -0.25) is 9.59 Å². The highest BCUT2D eigenvalue weighted by Gasteiger charge is 2.19. The molecule has 0 spiro atoms. The normalized spacial score (nSPS) is 11.7. The van der Waals surface area contributed by atoms with Crippen LogP contribution in [-0.4, -0.2) is 32.3 Å². The number of anilines is 1. The van der Waals surface area contributed by atoms with Crippen LogP contribution in [0.1, 0.15) is 29.1 Å². The Hall–Kier alpha value is -2.36. The molecule has 0 unspecified atom stereocenters. The summed E-state index contributed by atoms with van der Waals surface area (Å²) in [7, 11) is 1.80. The summed E-state index contributed by atoms with van der Waals surface area (Å²) in [6, 6.07) is 13.6. The average molecular weight is 509 g/mol. The minimum absolute atomic E-state index is 0.143. The van der Waals surface area contributed by atoms with E-state index in [1.165, 1.54) is 11.8 Å². The average Bonchev–Trinajstić information content (AvgIpc) is 3.09. The Morgan fingerprint density at radius 2 is 1.80 bits per heavy atom. The quantitative estimate of drug-likeness (QED) is 0.460. The third-order valence-corrected chi connectivity index (χ3v) is 5.97. The number of halogens is 2. The first-order chi connectivity index (χ1) is 14.3. The number of aromatic nitrogens is 3. The van der Waals surface area contributed by atoms with E-state index in [9.17, 15) is 9.59 Å². The zero-order valence-corrected chi connectivity index (χ0v) is 19.4. The number of carbonyl (C=O) groups excluding carboxylic acids is 2. The molecule has 0 aliphatic heterocycles. The van der Waals surface area contributed by atoms with Gasteiger partial charge in [0.2, 0.25) is 5.91 Å².